The Hall–Kier alpha value is -2.20. The summed E-state index contributed by atoms with van der Waals surface area (Å²) in [5.41, 5.74) is 3.54. The Bertz CT molecular complexity index is 1000. The Kier molecular flexibility index (Phi) is 8.65. The van der Waals surface area contributed by atoms with E-state index in [1.807, 2.05) is 28.8 Å². The van der Waals surface area contributed by atoms with E-state index in [9.17, 15) is 0 Å². The molecular formula is C23H32IN7. The van der Waals surface area contributed by atoms with Crippen LogP contribution in [0, 0.1) is 5.92 Å². The lowest BCUT2D eigenvalue weighted by Crippen LogP contribution is -2.37. The van der Waals surface area contributed by atoms with E-state index in [1.54, 1.807) is 7.05 Å². The summed E-state index contributed by atoms with van der Waals surface area (Å²) in [6, 6.07) is 14.6. The highest BCUT2D eigenvalue weighted by molar-refractivity contribution is 14.0. The van der Waals surface area contributed by atoms with Crippen molar-refractivity contribution < 1.29 is 0 Å². The maximum Gasteiger partial charge on any atom is 0.191 e. The van der Waals surface area contributed by atoms with Crippen LogP contribution in [-0.4, -0.2) is 45.6 Å². The summed E-state index contributed by atoms with van der Waals surface area (Å²) < 4.78 is 1.98. The quantitative estimate of drug-likeness (QED) is 0.289. The molecule has 4 rings (SSSR count). The van der Waals surface area contributed by atoms with E-state index in [4.69, 9.17) is 0 Å². The highest BCUT2D eigenvalue weighted by Gasteiger charge is 2.17. The van der Waals surface area contributed by atoms with Gasteiger partial charge in [-0.15, -0.1) is 34.2 Å². The number of benzene rings is 1. The minimum atomic E-state index is 0. The molecule has 0 spiro atoms. The molecule has 1 fully saturated rings. The number of guanidine groups is 1. The fraction of sp³-hybridized carbons (Fsp3) is 0.435. The minimum absolute atomic E-state index is 0. The van der Waals surface area contributed by atoms with E-state index in [1.165, 1.54) is 37.1 Å². The van der Waals surface area contributed by atoms with Gasteiger partial charge >= 0.3 is 0 Å². The van der Waals surface area contributed by atoms with Gasteiger partial charge in [-0.3, -0.25) is 14.3 Å². The standard InChI is InChI=1S/C23H31N7.HI/c1-18-8-7-12-29(16-18)17-20-10-4-3-9-19(20)14-25-23(24-2)26-15-22-28-27-21-11-5-6-13-30(21)22;/h3-6,9-11,13,18H,7-8,12,14-17H2,1-2H3,(H2,24,25,26);1H. The van der Waals surface area contributed by atoms with Crippen LogP contribution in [0.1, 0.15) is 36.7 Å². The van der Waals surface area contributed by atoms with Crippen LogP contribution in [0.15, 0.2) is 53.7 Å². The van der Waals surface area contributed by atoms with Gasteiger partial charge in [0, 0.05) is 32.9 Å². The van der Waals surface area contributed by atoms with Crippen molar-refractivity contribution in [3.63, 3.8) is 0 Å². The number of likely N-dealkylation sites (tertiary alicyclic amines) is 1. The zero-order valence-electron chi connectivity index (χ0n) is 18.3. The number of aromatic nitrogens is 3. The van der Waals surface area contributed by atoms with Crippen LogP contribution >= 0.6 is 24.0 Å². The maximum atomic E-state index is 4.36. The van der Waals surface area contributed by atoms with Crippen LogP contribution in [0.3, 0.4) is 0 Å². The first-order chi connectivity index (χ1) is 14.7. The Morgan fingerprint density at radius 2 is 1.84 bits per heavy atom. The normalized spacial score (nSPS) is 17.4. The average Bonchev–Trinajstić information content (AvgIpc) is 3.18. The minimum Gasteiger partial charge on any atom is -0.352 e. The summed E-state index contributed by atoms with van der Waals surface area (Å²) in [5, 5.41) is 15.3. The van der Waals surface area contributed by atoms with E-state index in [0.29, 0.717) is 6.54 Å². The van der Waals surface area contributed by atoms with Crippen LogP contribution in [-0.2, 0) is 19.6 Å². The lowest BCUT2D eigenvalue weighted by molar-refractivity contribution is 0.176. The maximum absolute atomic E-state index is 4.36. The first kappa shape index (κ1) is 23.5. The van der Waals surface area contributed by atoms with Crippen LogP contribution in [0.25, 0.3) is 5.65 Å². The summed E-state index contributed by atoms with van der Waals surface area (Å²) in [4.78, 5) is 6.94. The van der Waals surface area contributed by atoms with E-state index < -0.39 is 0 Å². The third-order valence-electron chi connectivity index (χ3n) is 5.72. The molecule has 31 heavy (non-hydrogen) atoms. The lowest BCUT2D eigenvalue weighted by Gasteiger charge is -2.31. The number of pyridine rings is 1. The zero-order chi connectivity index (χ0) is 20.8. The second-order valence-corrected chi connectivity index (χ2v) is 8.08. The monoisotopic (exact) mass is 533 g/mol. The Balaban J connectivity index is 0.00000272. The van der Waals surface area contributed by atoms with Gasteiger partial charge in [-0.2, -0.15) is 0 Å². The fourth-order valence-corrected chi connectivity index (χ4v) is 4.13. The average molecular weight is 533 g/mol. The van der Waals surface area contributed by atoms with Gasteiger partial charge in [0.05, 0.1) is 6.54 Å². The summed E-state index contributed by atoms with van der Waals surface area (Å²) in [7, 11) is 1.79. The predicted molar refractivity (Wildman–Crippen MR) is 136 cm³/mol. The van der Waals surface area contributed by atoms with Gasteiger partial charge in [-0.1, -0.05) is 37.3 Å². The first-order valence-corrected chi connectivity index (χ1v) is 10.7. The van der Waals surface area contributed by atoms with E-state index >= 15 is 0 Å². The van der Waals surface area contributed by atoms with Crippen molar-refractivity contribution in [1.82, 2.24) is 30.1 Å². The SMILES string of the molecule is CN=C(NCc1ccccc1CN1CCCC(C)C1)NCc1nnc2ccccn12.I. The van der Waals surface area contributed by atoms with Gasteiger partial charge in [0.2, 0.25) is 0 Å². The number of aliphatic imine (C=N–C) groups is 1. The third kappa shape index (κ3) is 6.16. The summed E-state index contributed by atoms with van der Waals surface area (Å²) >= 11 is 0. The first-order valence-electron chi connectivity index (χ1n) is 10.7. The second-order valence-electron chi connectivity index (χ2n) is 8.08. The molecule has 1 unspecified atom stereocenters. The molecule has 7 nitrogen and oxygen atoms in total. The van der Waals surface area contributed by atoms with Crippen LogP contribution in [0.5, 0.6) is 0 Å². The third-order valence-corrected chi connectivity index (χ3v) is 5.72. The molecule has 2 N–H and O–H groups in total. The van der Waals surface area contributed by atoms with Crippen molar-refractivity contribution >= 4 is 35.6 Å². The number of halogens is 1. The molecular weight excluding hydrogens is 501 g/mol. The molecule has 0 bridgehead atoms. The largest absolute Gasteiger partial charge is 0.352 e. The Morgan fingerprint density at radius 3 is 2.65 bits per heavy atom. The molecule has 8 heteroatoms. The van der Waals surface area contributed by atoms with E-state index in [2.05, 4.69) is 61.9 Å². The number of hydrogen-bond acceptors (Lipinski definition) is 4. The van der Waals surface area contributed by atoms with E-state index in [-0.39, 0.29) is 24.0 Å². The van der Waals surface area contributed by atoms with Crippen molar-refractivity contribution in [1.29, 1.82) is 0 Å². The van der Waals surface area contributed by atoms with Gasteiger partial charge in [-0.05, 0) is 48.6 Å². The number of piperidine rings is 1. The number of nitrogens with one attached hydrogen (secondary N) is 2. The lowest BCUT2D eigenvalue weighted by atomic mass is 9.99. The van der Waals surface area contributed by atoms with Crippen molar-refractivity contribution in [3.05, 3.63) is 65.6 Å². The van der Waals surface area contributed by atoms with Gasteiger partial charge in [-0.25, -0.2) is 0 Å². The molecule has 1 aliphatic rings. The van der Waals surface area contributed by atoms with Gasteiger partial charge in [0.1, 0.15) is 0 Å². The molecule has 0 radical (unpaired) electrons. The van der Waals surface area contributed by atoms with Crippen molar-refractivity contribution in [2.24, 2.45) is 10.9 Å². The highest BCUT2D eigenvalue weighted by atomic mass is 127. The summed E-state index contributed by atoms with van der Waals surface area (Å²) in [6.45, 7) is 7.05. The molecule has 2 aromatic heterocycles. The van der Waals surface area contributed by atoms with Gasteiger partial charge < -0.3 is 10.6 Å². The summed E-state index contributed by atoms with van der Waals surface area (Å²) in [6.07, 6.45) is 4.62. The number of fused-ring (bicyclic) bond motifs is 1. The summed E-state index contributed by atoms with van der Waals surface area (Å²) in [5.74, 6) is 2.40. The van der Waals surface area contributed by atoms with Crippen molar-refractivity contribution in [2.75, 3.05) is 20.1 Å². The molecule has 0 amide bonds. The molecule has 1 atom stereocenters. The zero-order valence-corrected chi connectivity index (χ0v) is 20.6. The van der Waals surface area contributed by atoms with Crippen LogP contribution in [0.4, 0.5) is 0 Å². The van der Waals surface area contributed by atoms with Crippen LogP contribution in [0.2, 0.25) is 0 Å². The van der Waals surface area contributed by atoms with Gasteiger partial charge in [0.15, 0.2) is 17.4 Å². The highest BCUT2D eigenvalue weighted by Crippen LogP contribution is 2.19. The predicted octanol–water partition coefficient (Wildman–Crippen LogP) is 3.44. The molecule has 0 aliphatic carbocycles. The van der Waals surface area contributed by atoms with Gasteiger partial charge in [0.25, 0.3) is 0 Å². The molecule has 1 aromatic carbocycles. The molecule has 1 aliphatic heterocycles. The molecule has 1 saturated heterocycles. The molecule has 3 aromatic rings. The number of hydrogen-bond donors (Lipinski definition) is 2. The molecule has 166 valence electrons. The number of nitrogens with zero attached hydrogens (tertiary/aromatic N) is 5. The molecule has 0 saturated carbocycles. The van der Waals surface area contributed by atoms with Crippen molar-refractivity contribution in [3.8, 4) is 0 Å². The topological polar surface area (TPSA) is 69.8 Å². The fourth-order valence-electron chi connectivity index (χ4n) is 4.13. The van der Waals surface area contributed by atoms with Crippen LogP contribution < -0.4 is 10.6 Å². The van der Waals surface area contributed by atoms with Crippen molar-refractivity contribution in [2.45, 2.75) is 39.4 Å². The molecule has 3 heterocycles. The Morgan fingerprint density at radius 1 is 1.06 bits per heavy atom. The Labute approximate surface area is 201 Å². The van der Waals surface area contributed by atoms with E-state index in [0.717, 1.165) is 36.4 Å². The second kappa shape index (κ2) is 11.4. The smallest absolute Gasteiger partial charge is 0.191 e. The number of rotatable bonds is 6.